The number of halogens is 3. The number of aromatic nitrogens is 3. The lowest BCUT2D eigenvalue weighted by Crippen LogP contribution is -1.98. The smallest absolute Gasteiger partial charge is 0.191 e. The number of hydrogen-bond acceptors (Lipinski definition) is 3. The number of benzene rings is 1. The lowest BCUT2D eigenvalue weighted by Gasteiger charge is -2.05. The van der Waals surface area contributed by atoms with E-state index in [2.05, 4.69) is 10.2 Å². The van der Waals surface area contributed by atoms with Gasteiger partial charge in [0.1, 0.15) is 4.33 Å². The van der Waals surface area contributed by atoms with E-state index in [0.717, 1.165) is 28.7 Å². The molecule has 0 saturated heterocycles. The van der Waals surface area contributed by atoms with Gasteiger partial charge in [0, 0.05) is 24.3 Å². The fourth-order valence-corrected chi connectivity index (χ4v) is 4.00. The first-order valence-corrected chi connectivity index (χ1v) is 8.26. The molecule has 1 heterocycles. The van der Waals surface area contributed by atoms with Gasteiger partial charge in [-0.05, 0) is 18.6 Å². The van der Waals surface area contributed by atoms with Gasteiger partial charge in [0.15, 0.2) is 11.0 Å². The maximum Gasteiger partial charge on any atom is 0.191 e. The molecule has 0 spiro atoms. The molecule has 1 aliphatic carbocycles. The minimum absolute atomic E-state index is 0.330. The van der Waals surface area contributed by atoms with Crippen molar-refractivity contribution in [3.63, 3.8) is 0 Å². The van der Waals surface area contributed by atoms with E-state index in [1.807, 2.05) is 35.9 Å². The summed E-state index contributed by atoms with van der Waals surface area (Å²) in [7, 11) is 1.93. The summed E-state index contributed by atoms with van der Waals surface area (Å²) in [4.78, 5) is 0. The second-order valence-corrected chi connectivity index (χ2v) is 7.75. The SMILES string of the molecule is Cn1c(SC[C@@H]2CC2(Cl)Cl)nnc1-c1ccccc1Cl. The Hall–Kier alpha value is -0.420. The average molecular weight is 349 g/mol. The van der Waals surface area contributed by atoms with E-state index in [1.165, 1.54) is 0 Å². The Kier molecular flexibility index (Phi) is 3.93. The first kappa shape index (κ1) is 14.5. The van der Waals surface area contributed by atoms with Crippen molar-refractivity contribution in [1.29, 1.82) is 0 Å². The van der Waals surface area contributed by atoms with Crippen molar-refractivity contribution in [2.24, 2.45) is 13.0 Å². The fourth-order valence-electron chi connectivity index (χ4n) is 1.94. The highest BCUT2D eigenvalue weighted by atomic mass is 35.5. The summed E-state index contributed by atoms with van der Waals surface area (Å²) >= 11 is 19.9. The van der Waals surface area contributed by atoms with Crippen molar-refractivity contribution in [2.75, 3.05) is 5.75 Å². The van der Waals surface area contributed by atoms with Gasteiger partial charge in [0.2, 0.25) is 0 Å². The van der Waals surface area contributed by atoms with Crippen LogP contribution in [0.2, 0.25) is 5.02 Å². The van der Waals surface area contributed by atoms with E-state index in [0.29, 0.717) is 10.9 Å². The zero-order chi connectivity index (χ0) is 14.3. The first-order valence-electron chi connectivity index (χ1n) is 6.14. The molecular weight excluding hydrogens is 337 g/mol. The van der Waals surface area contributed by atoms with Gasteiger partial charge in [-0.25, -0.2) is 0 Å². The Bertz CT molecular complexity index is 642. The Balaban J connectivity index is 1.77. The highest BCUT2D eigenvalue weighted by Gasteiger charge is 2.51. The maximum absolute atomic E-state index is 6.19. The molecule has 3 nitrogen and oxygen atoms in total. The molecule has 1 atom stereocenters. The fraction of sp³-hybridized carbons (Fsp3) is 0.385. The summed E-state index contributed by atoms with van der Waals surface area (Å²) in [5, 5.41) is 9.95. The second kappa shape index (κ2) is 5.41. The molecule has 1 aliphatic rings. The van der Waals surface area contributed by atoms with Crippen LogP contribution in [0.25, 0.3) is 11.4 Å². The van der Waals surface area contributed by atoms with Gasteiger partial charge in [-0.1, -0.05) is 35.5 Å². The largest absolute Gasteiger partial charge is 0.305 e. The molecular formula is C13H12Cl3N3S. The Morgan fingerprint density at radius 2 is 2.05 bits per heavy atom. The molecule has 0 radical (unpaired) electrons. The second-order valence-electron chi connectivity index (χ2n) is 4.82. The summed E-state index contributed by atoms with van der Waals surface area (Å²) < 4.78 is 1.40. The van der Waals surface area contributed by atoms with Gasteiger partial charge < -0.3 is 4.57 Å². The lowest BCUT2D eigenvalue weighted by molar-refractivity contribution is 0.791. The predicted octanol–water partition coefficient (Wildman–Crippen LogP) is 4.42. The van der Waals surface area contributed by atoms with Gasteiger partial charge in [-0.15, -0.1) is 33.4 Å². The number of nitrogens with zero attached hydrogens (tertiary/aromatic N) is 3. The van der Waals surface area contributed by atoms with E-state index in [4.69, 9.17) is 34.8 Å². The lowest BCUT2D eigenvalue weighted by atomic mass is 10.2. The molecule has 1 fully saturated rings. The average Bonchev–Trinajstić information content (AvgIpc) is 2.85. The first-order chi connectivity index (χ1) is 9.49. The van der Waals surface area contributed by atoms with E-state index in [1.54, 1.807) is 11.8 Å². The minimum atomic E-state index is -0.544. The van der Waals surface area contributed by atoms with E-state index >= 15 is 0 Å². The van der Waals surface area contributed by atoms with Gasteiger partial charge in [-0.3, -0.25) is 0 Å². The summed E-state index contributed by atoms with van der Waals surface area (Å²) in [6.07, 6.45) is 0.846. The zero-order valence-corrected chi connectivity index (χ0v) is 13.8. The van der Waals surface area contributed by atoms with Crippen LogP contribution in [-0.2, 0) is 7.05 Å². The zero-order valence-electron chi connectivity index (χ0n) is 10.7. The molecule has 0 amide bonds. The molecule has 1 saturated carbocycles. The van der Waals surface area contributed by atoms with Gasteiger partial charge in [0.25, 0.3) is 0 Å². The van der Waals surface area contributed by atoms with Gasteiger partial charge in [-0.2, -0.15) is 0 Å². The molecule has 1 aromatic heterocycles. The quantitative estimate of drug-likeness (QED) is 0.605. The van der Waals surface area contributed by atoms with Crippen molar-refractivity contribution in [3.05, 3.63) is 29.3 Å². The molecule has 1 aromatic carbocycles. The van der Waals surface area contributed by atoms with Crippen LogP contribution in [0.5, 0.6) is 0 Å². The monoisotopic (exact) mass is 347 g/mol. The summed E-state index contributed by atoms with van der Waals surface area (Å²) in [5.41, 5.74) is 0.881. The molecule has 0 unspecified atom stereocenters. The van der Waals surface area contributed by atoms with Crippen molar-refractivity contribution in [3.8, 4) is 11.4 Å². The molecule has 0 bridgehead atoms. The third kappa shape index (κ3) is 2.80. The molecule has 0 N–H and O–H groups in total. The summed E-state index contributed by atoms with van der Waals surface area (Å²) in [6.45, 7) is 0. The predicted molar refractivity (Wildman–Crippen MR) is 84.7 cm³/mol. The van der Waals surface area contributed by atoms with Crippen LogP contribution in [0.4, 0.5) is 0 Å². The van der Waals surface area contributed by atoms with Crippen LogP contribution in [-0.4, -0.2) is 24.9 Å². The molecule has 0 aliphatic heterocycles. The van der Waals surface area contributed by atoms with Gasteiger partial charge >= 0.3 is 0 Å². The molecule has 20 heavy (non-hydrogen) atoms. The van der Waals surface area contributed by atoms with Crippen LogP contribution < -0.4 is 0 Å². The third-order valence-corrected chi connectivity index (χ3v) is 5.76. The van der Waals surface area contributed by atoms with Crippen molar-refractivity contribution >= 4 is 46.6 Å². The summed E-state index contributed by atoms with van der Waals surface area (Å²) in [5.74, 6) is 1.94. The van der Waals surface area contributed by atoms with Crippen LogP contribution in [0.1, 0.15) is 6.42 Å². The molecule has 3 rings (SSSR count). The number of alkyl halides is 2. The molecule has 7 heteroatoms. The van der Waals surface area contributed by atoms with E-state index < -0.39 is 4.33 Å². The van der Waals surface area contributed by atoms with E-state index in [-0.39, 0.29) is 0 Å². The molecule has 106 valence electrons. The van der Waals surface area contributed by atoms with Crippen molar-refractivity contribution < 1.29 is 0 Å². The topological polar surface area (TPSA) is 30.7 Å². The van der Waals surface area contributed by atoms with Crippen LogP contribution >= 0.6 is 46.6 Å². The third-order valence-electron chi connectivity index (χ3n) is 3.32. The number of rotatable bonds is 4. The standard InChI is InChI=1S/C13H12Cl3N3S/c1-19-11(9-4-2-3-5-10(9)14)17-18-12(19)20-7-8-6-13(8,15)16/h2-5,8H,6-7H2,1H3/t8-/m0/s1. The number of hydrogen-bond donors (Lipinski definition) is 0. The van der Waals surface area contributed by atoms with Gasteiger partial charge in [0.05, 0.1) is 5.02 Å². The normalized spacial score (nSPS) is 20.1. The highest BCUT2D eigenvalue weighted by molar-refractivity contribution is 7.99. The number of thioether (sulfide) groups is 1. The molecule has 2 aromatic rings. The minimum Gasteiger partial charge on any atom is -0.305 e. The maximum atomic E-state index is 6.19. The van der Waals surface area contributed by atoms with Crippen molar-refractivity contribution in [1.82, 2.24) is 14.8 Å². The Labute approximate surface area is 136 Å². The summed E-state index contributed by atoms with van der Waals surface area (Å²) in [6, 6.07) is 7.61. The van der Waals surface area contributed by atoms with Crippen LogP contribution in [0.15, 0.2) is 29.4 Å². The van der Waals surface area contributed by atoms with Crippen molar-refractivity contribution in [2.45, 2.75) is 15.9 Å². The Morgan fingerprint density at radius 1 is 1.35 bits per heavy atom. The van der Waals surface area contributed by atoms with E-state index in [9.17, 15) is 0 Å². The van der Waals surface area contributed by atoms with Crippen LogP contribution in [0, 0.1) is 5.92 Å². The Morgan fingerprint density at radius 3 is 2.70 bits per heavy atom. The van der Waals surface area contributed by atoms with Crippen LogP contribution in [0.3, 0.4) is 0 Å². The highest BCUT2D eigenvalue weighted by Crippen LogP contribution is 2.54.